The molecule has 106 valence electrons. The summed E-state index contributed by atoms with van der Waals surface area (Å²) in [5.41, 5.74) is 3.02. The number of methoxy groups -OCH3 is 1. The van der Waals surface area contributed by atoms with Crippen LogP contribution in [0.15, 0.2) is 30.5 Å². The molecule has 2 N–H and O–H groups in total. The van der Waals surface area contributed by atoms with Crippen LogP contribution in [0.5, 0.6) is 5.75 Å². The Morgan fingerprint density at radius 2 is 2.25 bits per heavy atom. The zero-order valence-corrected chi connectivity index (χ0v) is 12.6. The highest BCUT2D eigenvalue weighted by Crippen LogP contribution is 2.16. The highest BCUT2D eigenvalue weighted by atomic mass is 32.1. The van der Waals surface area contributed by atoms with Gasteiger partial charge in [-0.2, -0.15) is 5.10 Å². The molecule has 1 aromatic heterocycles. The second-order valence-corrected chi connectivity index (χ2v) is 4.86. The first-order chi connectivity index (χ1) is 9.58. The first-order valence-corrected chi connectivity index (χ1v) is 6.67. The van der Waals surface area contributed by atoms with Gasteiger partial charge in [0.15, 0.2) is 5.11 Å². The van der Waals surface area contributed by atoms with E-state index in [1.807, 2.05) is 44.4 Å². The summed E-state index contributed by atoms with van der Waals surface area (Å²) >= 11 is 5.27. The number of hydrogen-bond acceptors (Lipinski definition) is 3. The smallest absolute Gasteiger partial charge is 0.171 e. The van der Waals surface area contributed by atoms with Gasteiger partial charge >= 0.3 is 0 Å². The van der Waals surface area contributed by atoms with Crippen LogP contribution in [0.3, 0.4) is 0 Å². The number of anilines is 1. The van der Waals surface area contributed by atoms with Crippen LogP contribution in [0.25, 0.3) is 0 Å². The topological polar surface area (TPSA) is 51.1 Å². The number of aromatic nitrogens is 2. The lowest BCUT2D eigenvalue weighted by atomic mass is 10.2. The van der Waals surface area contributed by atoms with Crippen molar-refractivity contribution in [3.8, 4) is 5.75 Å². The molecule has 0 aliphatic rings. The van der Waals surface area contributed by atoms with E-state index in [1.165, 1.54) is 0 Å². The fourth-order valence-corrected chi connectivity index (χ4v) is 2.06. The molecule has 0 amide bonds. The highest BCUT2D eigenvalue weighted by molar-refractivity contribution is 7.80. The van der Waals surface area contributed by atoms with Crippen molar-refractivity contribution >= 4 is 23.0 Å². The minimum atomic E-state index is 0.571. The molecule has 1 aromatic carbocycles. The van der Waals surface area contributed by atoms with Crippen molar-refractivity contribution < 1.29 is 4.74 Å². The Morgan fingerprint density at radius 3 is 2.90 bits per heavy atom. The van der Waals surface area contributed by atoms with E-state index in [2.05, 4.69) is 15.7 Å². The van der Waals surface area contributed by atoms with Crippen LogP contribution in [0.4, 0.5) is 5.69 Å². The van der Waals surface area contributed by atoms with Crippen molar-refractivity contribution in [3.05, 3.63) is 41.7 Å². The molecule has 0 atom stereocenters. The lowest BCUT2D eigenvalue weighted by molar-refractivity contribution is 0.415. The van der Waals surface area contributed by atoms with Crippen LogP contribution >= 0.6 is 12.2 Å². The van der Waals surface area contributed by atoms with Gasteiger partial charge in [0.25, 0.3) is 0 Å². The average molecular weight is 290 g/mol. The maximum absolute atomic E-state index is 5.27. The minimum Gasteiger partial charge on any atom is -0.497 e. The van der Waals surface area contributed by atoms with E-state index in [-0.39, 0.29) is 0 Å². The summed E-state index contributed by atoms with van der Waals surface area (Å²) in [5.74, 6) is 0.793. The molecule has 0 saturated heterocycles. The Bertz CT molecular complexity index is 609. The number of hydrogen-bond donors (Lipinski definition) is 2. The van der Waals surface area contributed by atoms with E-state index in [9.17, 15) is 0 Å². The Kier molecular flexibility index (Phi) is 4.57. The van der Waals surface area contributed by atoms with Crippen molar-refractivity contribution in [2.24, 2.45) is 7.05 Å². The van der Waals surface area contributed by atoms with Crippen LogP contribution in [-0.4, -0.2) is 22.0 Å². The largest absolute Gasteiger partial charge is 0.497 e. The van der Waals surface area contributed by atoms with Gasteiger partial charge in [0.05, 0.1) is 12.8 Å². The Morgan fingerprint density at radius 1 is 1.45 bits per heavy atom. The number of aryl methyl sites for hydroxylation is 2. The quantitative estimate of drug-likeness (QED) is 0.846. The monoisotopic (exact) mass is 290 g/mol. The molecule has 5 nitrogen and oxygen atoms in total. The van der Waals surface area contributed by atoms with Crippen molar-refractivity contribution in [2.45, 2.75) is 13.5 Å². The molecule has 2 rings (SSSR count). The highest BCUT2D eigenvalue weighted by Gasteiger charge is 2.04. The lowest BCUT2D eigenvalue weighted by Gasteiger charge is -2.11. The maximum atomic E-state index is 5.27. The molecule has 0 fully saturated rings. The van der Waals surface area contributed by atoms with Gasteiger partial charge in [-0.3, -0.25) is 4.68 Å². The first kappa shape index (κ1) is 14.3. The van der Waals surface area contributed by atoms with Crippen molar-refractivity contribution in [3.63, 3.8) is 0 Å². The standard InChI is InChI=1S/C14H18N4OS/c1-10-11(9-18(2)17-10)8-15-14(20)16-12-5-4-6-13(7-12)19-3/h4-7,9H,8H2,1-3H3,(H2,15,16,20). The molecule has 0 saturated carbocycles. The van der Waals surface area contributed by atoms with Gasteiger partial charge in [-0.05, 0) is 31.3 Å². The number of benzene rings is 1. The number of thiocarbonyl (C=S) groups is 1. The van der Waals surface area contributed by atoms with Gasteiger partial charge < -0.3 is 15.4 Å². The molecule has 20 heavy (non-hydrogen) atoms. The number of nitrogens with zero attached hydrogens (tertiary/aromatic N) is 2. The molecule has 0 radical (unpaired) electrons. The number of ether oxygens (including phenoxy) is 1. The van der Waals surface area contributed by atoms with Gasteiger partial charge in [0.2, 0.25) is 0 Å². The third-order valence-corrected chi connectivity index (χ3v) is 3.13. The van der Waals surface area contributed by atoms with Crippen LogP contribution in [0.1, 0.15) is 11.3 Å². The molecule has 0 unspecified atom stereocenters. The molecule has 6 heteroatoms. The number of rotatable bonds is 4. The normalized spacial score (nSPS) is 10.2. The molecular weight excluding hydrogens is 272 g/mol. The summed E-state index contributed by atoms with van der Waals surface area (Å²) in [6.45, 7) is 2.63. The van der Waals surface area contributed by atoms with Gasteiger partial charge in [-0.1, -0.05) is 6.07 Å². The Labute approximate surface area is 123 Å². The summed E-state index contributed by atoms with van der Waals surface area (Å²) in [7, 11) is 3.55. The average Bonchev–Trinajstić information content (AvgIpc) is 2.75. The summed E-state index contributed by atoms with van der Waals surface area (Å²) in [6, 6.07) is 7.63. The van der Waals surface area contributed by atoms with Crippen LogP contribution < -0.4 is 15.4 Å². The summed E-state index contributed by atoms with van der Waals surface area (Å²) in [4.78, 5) is 0. The van der Waals surface area contributed by atoms with E-state index in [0.717, 1.165) is 22.7 Å². The minimum absolute atomic E-state index is 0.571. The molecule has 0 spiro atoms. The fourth-order valence-electron chi connectivity index (χ4n) is 1.87. The first-order valence-electron chi connectivity index (χ1n) is 6.26. The van der Waals surface area contributed by atoms with Crippen LogP contribution in [-0.2, 0) is 13.6 Å². The molecule has 1 heterocycles. The van der Waals surface area contributed by atoms with E-state index >= 15 is 0 Å². The predicted molar refractivity (Wildman–Crippen MR) is 84.0 cm³/mol. The van der Waals surface area contributed by atoms with E-state index in [1.54, 1.807) is 11.8 Å². The van der Waals surface area contributed by atoms with Crippen molar-refractivity contribution in [2.75, 3.05) is 12.4 Å². The lowest BCUT2D eigenvalue weighted by Crippen LogP contribution is -2.27. The van der Waals surface area contributed by atoms with Crippen LogP contribution in [0, 0.1) is 6.92 Å². The number of nitrogens with one attached hydrogen (secondary N) is 2. The Balaban J connectivity index is 1.90. The molecule has 0 aliphatic heterocycles. The maximum Gasteiger partial charge on any atom is 0.171 e. The molecule has 2 aromatic rings. The predicted octanol–water partition coefficient (Wildman–Crippen LogP) is 2.22. The third kappa shape index (κ3) is 3.71. The molecule has 0 bridgehead atoms. The fraction of sp³-hybridized carbons (Fsp3) is 0.286. The van der Waals surface area contributed by atoms with Crippen molar-refractivity contribution in [1.82, 2.24) is 15.1 Å². The van der Waals surface area contributed by atoms with Gasteiger partial charge in [0.1, 0.15) is 5.75 Å². The molecule has 0 aliphatic carbocycles. The van der Waals surface area contributed by atoms with E-state index in [0.29, 0.717) is 11.7 Å². The van der Waals surface area contributed by atoms with Gasteiger partial charge in [-0.25, -0.2) is 0 Å². The summed E-state index contributed by atoms with van der Waals surface area (Å²) in [5, 5.41) is 11.2. The van der Waals surface area contributed by atoms with Crippen molar-refractivity contribution in [1.29, 1.82) is 0 Å². The van der Waals surface area contributed by atoms with Crippen LogP contribution in [0.2, 0.25) is 0 Å². The van der Waals surface area contributed by atoms with Gasteiger partial charge in [-0.15, -0.1) is 0 Å². The Hall–Kier alpha value is -2.08. The van der Waals surface area contributed by atoms with E-state index < -0.39 is 0 Å². The zero-order chi connectivity index (χ0) is 14.5. The zero-order valence-electron chi connectivity index (χ0n) is 11.8. The second kappa shape index (κ2) is 6.38. The summed E-state index contributed by atoms with van der Waals surface area (Å²) in [6.07, 6.45) is 1.98. The molecular formula is C14H18N4OS. The second-order valence-electron chi connectivity index (χ2n) is 4.45. The van der Waals surface area contributed by atoms with Gasteiger partial charge in [0, 0.05) is 37.1 Å². The summed E-state index contributed by atoms with van der Waals surface area (Å²) < 4.78 is 6.97. The SMILES string of the molecule is COc1cccc(NC(=S)NCc2cn(C)nc2C)c1. The third-order valence-electron chi connectivity index (χ3n) is 2.88. The van der Waals surface area contributed by atoms with E-state index in [4.69, 9.17) is 17.0 Å².